The summed E-state index contributed by atoms with van der Waals surface area (Å²) in [6, 6.07) is 4.13. The van der Waals surface area contributed by atoms with Gasteiger partial charge in [-0.05, 0) is 62.7 Å². The van der Waals surface area contributed by atoms with E-state index in [1.54, 1.807) is 0 Å². The van der Waals surface area contributed by atoms with Crippen LogP contribution in [0.15, 0.2) is 22.9 Å². The maximum absolute atomic E-state index is 5.47. The summed E-state index contributed by atoms with van der Waals surface area (Å²) in [6.45, 7) is 9.79. The maximum atomic E-state index is 5.47. The Morgan fingerprint density at radius 1 is 1.08 bits per heavy atom. The first-order valence-corrected chi connectivity index (χ1v) is 9.93. The van der Waals surface area contributed by atoms with Gasteiger partial charge in [-0.2, -0.15) is 4.98 Å². The second kappa shape index (κ2) is 7.74. The van der Waals surface area contributed by atoms with Crippen molar-refractivity contribution in [2.45, 2.75) is 46.1 Å². The Morgan fingerprint density at radius 3 is 2.65 bits per heavy atom. The van der Waals surface area contributed by atoms with Crippen LogP contribution in [0.5, 0.6) is 0 Å². The molecule has 4 heterocycles. The number of rotatable bonds is 4. The number of aromatic nitrogens is 3. The topological polar surface area (TPSA) is 58.3 Å². The summed E-state index contributed by atoms with van der Waals surface area (Å²) >= 11 is 0. The highest BCUT2D eigenvalue weighted by Gasteiger charge is 2.20. The fourth-order valence-electron chi connectivity index (χ4n) is 3.95. The van der Waals surface area contributed by atoms with Gasteiger partial charge in [-0.3, -0.25) is 4.90 Å². The molecule has 0 aromatic carbocycles. The quantitative estimate of drug-likeness (QED) is 0.835. The third-order valence-electron chi connectivity index (χ3n) is 5.69. The molecule has 0 aliphatic carbocycles. The van der Waals surface area contributed by atoms with Gasteiger partial charge in [0.15, 0.2) is 0 Å². The van der Waals surface area contributed by atoms with E-state index >= 15 is 0 Å². The largest absolute Gasteiger partial charge is 0.356 e. The zero-order valence-electron chi connectivity index (χ0n) is 15.9. The molecule has 2 aromatic heterocycles. The Hall–Kier alpha value is -1.95. The maximum Gasteiger partial charge on any atom is 0.241 e. The first-order valence-electron chi connectivity index (χ1n) is 9.93. The van der Waals surface area contributed by atoms with Gasteiger partial charge in [0, 0.05) is 24.8 Å². The molecule has 0 saturated carbocycles. The highest BCUT2D eigenvalue weighted by Crippen LogP contribution is 2.24. The minimum atomic E-state index is 0.636. The molecule has 4 rings (SSSR count). The van der Waals surface area contributed by atoms with Crippen LogP contribution < -0.4 is 4.90 Å². The van der Waals surface area contributed by atoms with E-state index in [-0.39, 0.29) is 0 Å². The van der Waals surface area contributed by atoms with Gasteiger partial charge < -0.3 is 9.42 Å². The van der Waals surface area contributed by atoms with Crippen molar-refractivity contribution in [3.05, 3.63) is 24.2 Å². The van der Waals surface area contributed by atoms with Gasteiger partial charge in [-0.25, -0.2) is 4.98 Å². The van der Waals surface area contributed by atoms with Gasteiger partial charge in [-0.1, -0.05) is 19.0 Å². The molecule has 140 valence electrons. The number of hydrogen-bond acceptors (Lipinski definition) is 6. The average Bonchev–Trinajstić information content (AvgIpc) is 3.12. The van der Waals surface area contributed by atoms with Gasteiger partial charge in [0.25, 0.3) is 0 Å². The molecule has 6 nitrogen and oxygen atoms in total. The molecule has 2 aromatic rings. The average molecular weight is 355 g/mol. The van der Waals surface area contributed by atoms with Crippen LogP contribution in [0, 0.1) is 11.8 Å². The van der Waals surface area contributed by atoms with Crippen LogP contribution in [0.1, 0.15) is 45.4 Å². The van der Waals surface area contributed by atoms with E-state index in [9.17, 15) is 0 Å². The molecule has 0 radical (unpaired) electrons. The minimum Gasteiger partial charge on any atom is -0.356 e. The first-order chi connectivity index (χ1) is 12.7. The summed E-state index contributed by atoms with van der Waals surface area (Å²) in [5.41, 5.74) is 0.918. The van der Waals surface area contributed by atoms with E-state index in [1.807, 2.05) is 6.20 Å². The van der Waals surface area contributed by atoms with Crippen molar-refractivity contribution >= 4 is 5.82 Å². The highest BCUT2D eigenvalue weighted by molar-refractivity contribution is 5.55. The summed E-state index contributed by atoms with van der Waals surface area (Å²) in [6.07, 6.45) is 6.93. The lowest BCUT2D eigenvalue weighted by molar-refractivity contribution is 0.165. The number of likely N-dealkylation sites (tertiary alicyclic amines) is 1. The van der Waals surface area contributed by atoms with Gasteiger partial charge in [0.05, 0.1) is 6.54 Å². The van der Waals surface area contributed by atoms with Gasteiger partial charge in [0.2, 0.25) is 11.7 Å². The van der Waals surface area contributed by atoms with Crippen molar-refractivity contribution in [1.29, 1.82) is 0 Å². The van der Waals surface area contributed by atoms with Crippen LogP contribution in [-0.4, -0.2) is 46.2 Å². The summed E-state index contributed by atoms with van der Waals surface area (Å²) < 4.78 is 5.47. The zero-order valence-corrected chi connectivity index (χ0v) is 15.9. The molecular weight excluding hydrogens is 326 g/mol. The van der Waals surface area contributed by atoms with E-state index in [4.69, 9.17) is 4.52 Å². The van der Waals surface area contributed by atoms with Crippen LogP contribution in [0.3, 0.4) is 0 Å². The van der Waals surface area contributed by atoms with E-state index in [0.29, 0.717) is 11.7 Å². The SMILES string of the molecule is CC1CCN(Cc2nc(-c3ccc(N4CCC[C@@H](C)C4)nc3)no2)CC1. The van der Waals surface area contributed by atoms with Gasteiger partial charge >= 0.3 is 0 Å². The van der Waals surface area contributed by atoms with Crippen LogP contribution >= 0.6 is 0 Å². The predicted octanol–water partition coefficient (Wildman–Crippen LogP) is 3.60. The van der Waals surface area contributed by atoms with E-state index < -0.39 is 0 Å². The fraction of sp³-hybridized carbons (Fsp3) is 0.650. The fourth-order valence-corrected chi connectivity index (χ4v) is 3.95. The second-order valence-corrected chi connectivity index (χ2v) is 8.07. The first kappa shape index (κ1) is 17.5. The standard InChI is InChI=1S/C20H29N5O/c1-15-7-10-24(11-8-15)14-19-22-20(23-26-19)17-5-6-18(21-12-17)25-9-3-4-16(2)13-25/h5-6,12,15-16H,3-4,7-11,13-14H2,1-2H3/t16-/m1/s1. The van der Waals surface area contributed by atoms with Crippen LogP contribution in [0.25, 0.3) is 11.4 Å². The summed E-state index contributed by atoms with van der Waals surface area (Å²) in [7, 11) is 0. The Kier molecular flexibility index (Phi) is 5.20. The van der Waals surface area contributed by atoms with E-state index in [2.05, 4.69) is 50.9 Å². The molecule has 0 spiro atoms. The summed E-state index contributed by atoms with van der Waals surface area (Å²) in [5.74, 6) is 3.95. The lowest BCUT2D eigenvalue weighted by Gasteiger charge is -2.31. The van der Waals surface area contributed by atoms with Crippen molar-refractivity contribution in [2.24, 2.45) is 11.8 Å². The number of nitrogens with zero attached hydrogens (tertiary/aromatic N) is 5. The molecule has 2 saturated heterocycles. The molecule has 2 aliphatic heterocycles. The van der Waals surface area contributed by atoms with Crippen LogP contribution in [0.2, 0.25) is 0 Å². The molecule has 0 bridgehead atoms. The monoisotopic (exact) mass is 355 g/mol. The highest BCUT2D eigenvalue weighted by atomic mass is 16.5. The predicted molar refractivity (Wildman–Crippen MR) is 102 cm³/mol. The lowest BCUT2D eigenvalue weighted by atomic mass is 9.99. The van der Waals surface area contributed by atoms with Crippen molar-refractivity contribution in [1.82, 2.24) is 20.0 Å². The van der Waals surface area contributed by atoms with Crippen molar-refractivity contribution < 1.29 is 4.52 Å². The smallest absolute Gasteiger partial charge is 0.241 e. The minimum absolute atomic E-state index is 0.636. The third kappa shape index (κ3) is 4.06. The molecule has 0 unspecified atom stereocenters. The Morgan fingerprint density at radius 2 is 1.92 bits per heavy atom. The van der Waals surface area contributed by atoms with Crippen LogP contribution in [-0.2, 0) is 6.54 Å². The number of piperidine rings is 2. The summed E-state index contributed by atoms with van der Waals surface area (Å²) in [4.78, 5) is 14.0. The van der Waals surface area contributed by atoms with Crippen molar-refractivity contribution in [2.75, 3.05) is 31.1 Å². The zero-order chi connectivity index (χ0) is 17.9. The molecule has 0 N–H and O–H groups in total. The van der Waals surface area contributed by atoms with E-state index in [1.165, 1.54) is 25.7 Å². The van der Waals surface area contributed by atoms with Gasteiger partial charge in [-0.15, -0.1) is 0 Å². The van der Waals surface area contributed by atoms with Crippen molar-refractivity contribution in [3.63, 3.8) is 0 Å². The lowest BCUT2D eigenvalue weighted by Crippen LogP contribution is -2.34. The molecule has 0 amide bonds. The molecule has 26 heavy (non-hydrogen) atoms. The van der Waals surface area contributed by atoms with Crippen LogP contribution in [0.4, 0.5) is 5.82 Å². The Bertz CT molecular complexity index is 705. The van der Waals surface area contributed by atoms with Gasteiger partial charge in [0.1, 0.15) is 5.82 Å². The normalized spacial score (nSPS) is 22.7. The molecule has 2 fully saturated rings. The van der Waals surface area contributed by atoms with Crippen molar-refractivity contribution in [3.8, 4) is 11.4 Å². The Balaban J connectivity index is 1.39. The third-order valence-corrected chi connectivity index (χ3v) is 5.69. The molecular formula is C20H29N5O. The number of hydrogen-bond donors (Lipinski definition) is 0. The molecule has 6 heteroatoms. The number of anilines is 1. The molecule has 2 aliphatic rings. The van der Waals surface area contributed by atoms with E-state index in [0.717, 1.165) is 55.9 Å². The number of pyridine rings is 1. The second-order valence-electron chi connectivity index (χ2n) is 8.07. The summed E-state index contributed by atoms with van der Waals surface area (Å²) in [5, 5.41) is 4.15. The molecule has 1 atom stereocenters. The Labute approximate surface area is 155 Å².